The summed E-state index contributed by atoms with van der Waals surface area (Å²) in [6, 6.07) is 5.98. The molecule has 0 aliphatic carbocycles. The molecule has 2 aromatic rings. The Morgan fingerprint density at radius 3 is 2.75 bits per heavy atom. The highest BCUT2D eigenvalue weighted by Crippen LogP contribution is 2.25. The van der Waals surface area contributed by atoms with E-state index in [4.69, 9.17) is 5.73 Å². The summed E-state index contributed by atoms with van der Waals surface area (Å²) < 4.78 is 0. The van der Waals surface area contributed by atoms with Gasteiger partial charge in [-0.2, -0.15) is 0 Å². The number of hydrogen-bond donors (Lipinski definition) is 1. The van der Waals surface area contributed by atoms with E-state index in [0.717, 1.165) is 29.2 Å². The van der Waals surface area contributed by atoms with E-state index in [2.05, 4.69) is 29.9 Å². The standard InChI is InChI=1S/C12H15N3S/c1-3-4-9-7-11(13)15-12(14-9)10-6-5-8(2)16-10/h5-7H,3-4H2,1-2H3,(H2,13,14,15). The summed E-state index contributed by atoms with van der Waals surface area (Å²) in [5.41, 5.74) is 6.81. The summed E-state index contributed by atoms with van der Waals surface area (Å²) >= 11 is 1.70. The van der Waals surface area contributed by atoms with Gasteiger partial charge in [0.25, 0.3) is 0 Å². The lowest BCUT2D eigenvalue weighted by molar-refractivity contribution is 0.877. The molecule has 3 nitrogen and oxygen atoms in total. The Hall–Kier alpha value is -1.42. The molecule has 2 N–H and O–H groups in total. The van der Waals surface area contributed by atoms with Crippen molar-refractivity contribution in [3.63, 3.8) is 0 Å². The smallest absolute Gasteiger partial charge is 0.171 e. The molecule has 2 heterocycles. The maximum Gasteiger partial charge on any atom is 0.171 e. The minimum atomic E-state index is 0.555. The monoisotopic (exact) mass is 233 g/mol. The van der Waals surface area contributed by atoms with Gasteiger partial charge in [0.05, 0.1) is 4.88 Å². The molecule has 0 spiro atoms. The largest absolute Gasteiger partial charge is 0.384 e. The fourth-order valence-corrected chi connectivity index (χ4v) is 2.37. The van der Waals surface area contributed by atoms with Crippen molar-refractivity contribution in [3.8, 4) is 10.7 Å². The van der Waals surface area contributed by atoms with Crippen molar-refractivity contribution in [2.45, 2.75) is 26.7 Å². The molecular formula is C12H15N3S. The van der Waals surface area contributed by atoms with Crippen molar-refractivity contribution < 1.29 is 0 Å². The quantitative estimate of drug-likeness (QED) is 0.886. The Kier molecular flexibility index (Phi) is 3.19. The molecule has 0 saturated heterocycles. The molecule has 0 amide bonds. The van der Waals surface area contributed by atoms with Gasteiger partial charge in [0, 0.05) is 16.6 Å². The highest BCUT2D eigenvalue weighted by molar-refractivity contribution is 7.15. The molecule has 16 heavy (non-hydrogen) atoms. The minimum absolute atomic E-state index is 0.555. The first-order chi connectivity index (χ1) is 7.69. The van der Waals surface area contributed by atoms with Gasteiger partial charge < -0.3 is 5.73 Å². The lowest BCUT2D eigenvalue weighted by Crippen LogP contribution is -1.99. The molecule has 0 aliphatic heterocycles. The third-order valence-corrected chi connectivity index (χ3v) is 3.26. The van der Waals surface area contributed by atoms with Crippen LogP contribution in [0, 0.1) is 6.92 Å². The number of aryl methyl sites for hydroxylation is 2. The summed E-state index contributed by atoms with van der Waals surface area (Å²) in [5.74, 6) is 1.31. The highest BCUT2D eigenvalue weighted by Gasteiger charge is 2.06. The predicted octanol–water partition coefficient (Wildman–Crippen LogP) is 3.05. The molecule has 0 unspecified atom stereocenters. The Bertz CT molecular complexity index is 491. The first kappa shape index (κ1) is 11.1. The molecule has 2 rings (SSSR count). The number of nitrogens with zero attached hydrogens (tertiary/aromatic N) is 2. The second kappa shape index (κ2) is 4.61. The number of rotatable bonds is 3. The normalized spacial score (nSPS) is 10.6. The molecule has 0 radical (unpaired) electrons. The van der Waals surface area contributed by atoms with Gasteiger partial charge in [-0.1, -0.05) is 13.3 Å². The summed E-state index contributed by atoms with van der Waals surface area (Å²) in [6.45, 7) is 4.21. The van der Waals surface area contributed by atoms with E-state index < -0.39 is 0 Å². The maximum atomic E-state index is 5.79. The number of aromatic nitrogens is 2. The van der Waals surface area contributed by atoms with Crippen LogP contribution in [0.1, 0.15) is 23.9 Å². The Balaban J connectivity index is 2.40. The molecular weight excluding hydrogens is 218 g/mol. The van der Waals surface area contributed by atoms with Gasteiger partial charge in [-0.05, 0) is 25.5 Å². The van der Waals surface area contributed by atoms with Gasteiger partial charge in [-0.3, -0.25) is 0 Å². The third kappa shape index (κ3) is 2.39. The zero-order chi connectivity index (χ0) is 11.5. The van der Waals surface area contributed by atoms with Gasteiger partial charge in [0.2, 0.25) is 0 Å². The fourth-order valence-electron chi connectivity index (χ4n) is 1.57. The Morgan fingerprint density at radius 1 is 1.31 bits per heavy atom. The SMILES string of the molecule is CCCc1cc(N)nc(-c2ccc(C)s2)n1. The second-order valence-electron chi connectivity index (χ2n) is 3.77. The van der Waals surface area contributed by atoms with Crippen LogP contribution in [0.3, 0.4) is 0 Å². The molecule has 84 valence electrons. The van der Waals surface area contributed by atoms with E-state index >= 15 is 0 Å². The van der Waals surface area contributed by atoms with Crippen molar-refractivity contribution in [1.82, 2.24) is 9.97 Å². The number of hydrogen-bond acceptors (Lipinski definition) is 4. The summed E-state index contributed by atoms with van der Waals surface area (Å²) in [5, 5.41) is 0. The average molecular weight is 233 g/mol. The van der Waals surface area contributed by atoms with Crippen molar-refractivity contribution in [2.24, 2.45) is 0 Å². The molecule has 0 aromatic carbocycles. The maximum absolute atomic E-state index is 5.79. The fraction of sp³-hybridized carbons (Fsp3) is 0.333. The summed E-state index contributed by atoms with van der Waals surface area (Å²) in [6.07, 6.45) is 2.02. The van der Waals surface area contributed by atoms with Gasteiger partial charge in [-0.15, -0.1) is 11.3 Å². The molecule has 0 bridgehead atoms. The van der Waals surface area contributed by atoms with Crippen LogP contribution in [-0.2, 0) is 6.42 Å². The highest BCUT2D eigenvalue weighted by atomic mass is 32.1. The van der Waals surface area contributed by atoms with Gasteiger partial charge in [0.1, 0.15) is 5.82 Å². The number of thiophene rings is 1. The topological polar surface area (TPSA) is 51.8 Å². The van der Waals surface area contributed by atoms with Gasteiger partial charge in [-0.25, -0.2) is 9.97 Å². The van der Waals surface area contributed by atoms with Crippen molar-refractivity contribution >= 4 is 17.2 Å². The average Bonchev–Trinajstić information content (AvgIpc) is 2.64. The van der Waals surface area contributed by atoms with Crippen LogP contribution in [-0.4, -0.2) is 9.97 Å². The van der Waals surface area contributed by atoms with E-state index in [1.807, 2.05) is 12.1 Å². The minimum Gasteiger partial charge on any atom is -0.384 e. The van der Waals surface area contributed by atoms with E-state index in [1.165, 1.54) is 4.88 Å². The molecule has 2 aromatic heterocycles. The number of nitrogen functional groups attached to an aromatic ring is 1. The Labute approximate surface area is 99.4 Å². The zero-order valence-electron chi connectivity index (χ0n) is 9.53. The first-order valence-electron chi connectivity index (χ1n) is 5.39. The molecule has 4 heteroatoms. The first-order valence-corrected chi connectivity index (χ1v) is 6.21. The zero-order valence-corrected chi connectivity index (χ0v) is 10.3. The molecule has 0 saturated carbocycles. The van der Waals surface area contributed by atoms with E-state index in [1.54, 1.807) is 11.3 Å². The molecule has 0 atom stereocenters. The van der Waals surface area contributed by atoms with E-state index in [9.17, 15) is 0 Å². The Morgan fingerprint density at radius 2 is 2.12 bits per heavy atom. The van der Waals surface area contributed by atoms with Crippen LogP contribution in [0.4, 0.5) is 5.82 Å². The van der Waals surface area contributed by atoms with Crippen LogP contribution >= 0.6 is 11.3 Å². The van der Waals surface area contributed by atoms with E-state index in [0.29, 0.717) is 5.82 Å². The summed E-state index contributed by atoms with van der Waals surface area (Å²) in [4.78, 5) is 11.2. The van der Waals surface area contributed by atoms with Crippen LogP contribution in [0.5, 0.6) is 0 Å². The van der Waals surface area contributed by atoms with E-state index in [-0.39, 0.29) is 0 Å². The third-order valence-electron chi connectivity index (χ3n) is 2.27. The lowest BCUT2D eigenvalue weighted by Gasteiger charge is -2.03. The van der Waals surface area contributed by atoms with Crippen LogP contribution < -0.4 is 5.73 Å². The van der Waals surface area contributed by atoms with Gasteiger partial charge >= 0.3 is 0 Å². The van der Waals surface area contributed by atoms with Crippen LogP contribution in [0.25, 0.3) is 10.7 Å². The van der Waals surface area contributed by atoms with Crippen LogP contribution in [0.15, 0.2) is 18.2 Å². The number of nitrogens with two attached hydrogens (primary N) is 1. The summed E-state index contributed by atoms with van der Waals surface area (Å²) in [7, 11) is 0. The van der Waals surface area contributed by atoms with Crippen molar-refractivity contribution in [1.29, 1.82) is 0 Å². The second-order valence-corrected chi connectivity index (χ2v) is 5.06. The van der Waals surface area contributed by atoms with Crippen molar-refractivity contribution in [2.75, 3.05) is 5.73 Å². The molecule has 0 aliphatic rings. The number of anilines is 1. The van der Waals surface area contributed by atoms with Crippen LogP contribution in [0.2, 0.25) is 0 Å². The lowest BCUT2D eigenvalue weighted by atomic mass is 10.2. The predicted molar refractivity (Wildman–Crippen MR) is 68.5 cm³/mol. The van der Waals surface area contributed by atoms with Crippen molar-refractivity contribution in [3.05, 3.63) is 28.8 Å². The molecule has 0 fully saturated rings. The van der Waals surface area contributed by atoms with Gasteiger partial charge in [0.15, 0.2) is 5.82 Å².